The van der Waals surface area contributed by atoms with Crippen LogP contribution in [0.5, 0.6) is 0 Å². The molecule has 0 aliphatic rings. The molecule has 2 amide bonds. The van der Waals surface area contributed by atoms with Gasteiger partial charge >= 0.3 is 0 Å². The van der Waals surface area contributed by atoms with Crippen molar-refractivity contribution < 1.29 is 9.59 Å². The van der Waals surface area contributed by atoms with Gasteiger partial charge in [0.15, 0.2) is 0 Å². The lowest BCUT2D eigenvalue weighted by molar-refractivity contribution is -0.119. The molecule has 0 atom stereocenters. The van der Waals surface area contributed by atoms with Crippen LogP contribution in [0, 0.1) is 0 Å². The Labute approximate surface area is 113 Å². The summed E-state index contributed by atoms with van der Waals surface area (Å²) in [5.74, 6) is -0.245. The lowest BCUT2D eigenvalue weighted by atomic mass is 10.2. The smallest absolute Gasteiger partial charge is 0.251 e. The fraction of sp³-hybridized carbons (Fsp3) is 0.286. The number of amides is 2. The first kappa shape index (κ1) is 14.8. The molecule has 0 bridgehead atoms. The van der Waals surface area contributed by atoms with E-state index in [-0.39, 0.29) is 18.4 Å². The van der Waals surface area contributed by atoms with E-state index in [1.165, 1.54) is 0 Å². The summed E-state index contributed by atoms with van der Waals surface area (Å²) >= 11 is 0. The Morgan fingerprint density at radius 2 is 2.11 bits per heavy atom. The summed E-state index contributed by atoms with van der Waals surface area (Å²) in [5, 5.41) is 8.35. The molecule has 1 aromatic rings. The minimum atomic E-state index is -0.123. The van der Waals surface area contributed by atoms with Crippen LogP contribution in [0.2, 0.25) is 0 Å². The Kier molecular flexibility index (Phi) is 6.15. The van der Waals surface area contributed by atoms with Crippen LogP contribution in [0.3, 0.4) is 0 Å². The van der Waals surface area contributed by atoms with Gasteiger partial charge in [-0.15, -0.1) is 6.58 Å². The standard InChI is InChI=1S/C14H19N3O2/c1-3-8-16-13(18)10-17-12-7-5-6-11(9-12)14(19)15-4-2/h3,5-7,9,17H,1,4,8,10H2,2H3,(H,15,19)(H,16,18). The molecule has 0 spiro atoms. The molecule has 19 heavy (non-hydrogen) atoms. The largest absolute Gasteiger partial charge is 0.376 e. The van der Waals surface area contributed by atoms with E-state index in [0.717, 1.165) is 5.69 Å². The van der Waals surface area contributed by atoms with Crippen molar-refractivity contribution in [2.45, 2.75) is 6.92 Å². The molecular formula is C14H19N3O2. The van der Waals surface area contributed by atoms with Crippen molar-refractivity contribution in [3.8, 4) is 0 Å². The lowest BCUT2D eigenvalue weighted by Gasteiger charge is -2.08. The fourth-order valence-corrected chi connectivity index (χ4v) is 1.46. The van der Waals surface area contributed by atoms with Crippen LogP contribution in [0.4, 0.5) is 5.69 Å². The summed E-state index contributed by atoms with van der Waals surface area (Å²) in [6.45, 7) is 6.57. The highest BCUT2D eigenvalue weighted by Crippen LogP contribution is 2.10. The average molecular weight is 261 g/mol. The van der Waals surface area contributed by atoms with Gasteiger partial charge in [0.1, 0.15) is 0 Å². The summed E-state index contributed by atoms with van der Waals surface area (Å²) in [6, 6.07) is 7.03. The molecular weight excluding hydrogens is 242 g/mol. The average Bonchev–Trinajstić information content (AvgIpc) is 2.43. The summed E-state index contributed by atoms with van der Waals surface area (Å²) in [5.41, 5.74) is 1.30. The molecule has 0 unspecified atom stereocenters. The zero-order chi connectivity index (χ0) is 14.1. The Bertz CT molecular complexity index is 458. The van der Waals surface area contributed by atoms with Gasteiger partial charge in [-0.05, 0) is 25.1 Å². The first-order valence-electron chi connectivity index (χ1n) is 6.17. The molecule has 0 saturated carbocycles. The molecule has 5 heteroatoms. The SMILES string of the molecule is C=CCNC(=O)CNc1cccc(C(=O)NCC)c1. The number of hydrogen-bond acceptors (Lipinski definition) is 3. The second kappa shape index (κ2) is 7.92. The van der Waals surface area contributed by atoms with Crippen LogP contribution >= 0.6 is 0 Å². The summed E-state index contributed by atoms with van der Waals surface area (Å²) in [6.07, 6.45) is 1.62. The van der Waals surface area contributed by atoms with Gasteiger partial charge in [0.2, 0.25) is 5.91 Å². The van der Waals surface area contributed by atoms with E-state index in [2.05, 4.69) is 22.5 Å². The number of hydrogen-bond donors (Lipinski definition) is 3. The van der Waals surface area contributed by atoms with Gasteiger partial charge in [0.05, 0.1) is 6.54 Å². The van der Waals surface area contributed by atoms with Crippen LogP contribution < -0.4 is 16.0 Å². The maximum atomic E-state index is 11.6. The van der Waals surface area contributed by atoms with Gasteiger partial charge in [-0.3, -0.25) is 9.59 Å². The number of rotatable bonds is 7. The second-order valence-electron chi connectivity index (χ2n) is 3.89. The number of nitrogens with one attached hydrogen (secondary N) is 3. The third-order valence-corrected chi connectivity index (χ3v) is 2.36. The first-order chi connectivity index (χ1) is 9.17. The molecule has 0 aliphatic heterocycles. The molecule has 102 valence electrons. The van der Waals surface area contributed by atoms with E-state index in [4.69, 9.17) is 0 Å². The fourth-order valence-electron chi connectivity index (χ4n) is 1.46. The number of anilines is 1. The quantitative estimate of drug-likeness (QED) is 0.645. The van der Waals surface area contributed by atoms with Crippen molar-refractivity contribution in [1.29, 1.82) is 0 Å². The van der Waals surface area contributed by atoms with Gasteiger partial charge in [-0.1, -0.05) is 12.1 Å². The summed E-state index contributed by atoms with van der Waals surface area (Å²) in [4.78, 5) is 23.0. The van der Waals surface area contributed by atoms with Crippen molar-refractivity contribution in [3.63, 3.8) is 0 Å². The predicted octanol–water partition coefficient (Wildman–Crippen LogP) is 1.15. The van der Waals surface area contributed by atoms with Gasteiger partial charge in [0.25, 0.3) is 5.91 Å². The van der Waals surface area contributed by atoms with E-state index in [0.29, 0.717) is 18.7 Å². The minimum absolute atomic E-state index is 0.122. The molecule has 1 aromatic carbocycles. The Morgan fingerprint density at radius 3 is 2.79 bits per heavy atom. The van der Waals surface area contributed by atoms with Crippen molar-refractivity contribution in [1.82, 2.24) is 10.6 Å². The second-order valence-corrected chi connectivity index (χ2v) is 3.89. The van der Waals surface area contributed by atoms with Gasteiger partial charge in [-0.2, -0.15) is 0 Å². The number of carbonyl (C=O) groups is 2. The topological polar surface area (TPSA) is 70.2 Å². The van der Waals surface area contributed by atoms with Gasteiger partial charge in [0, 0.05) is 24.3 Å². The van der Waals surface area contributed by atoms with E-state index in [9.17, 15) is 9.59 Å². The summed E-state index contributed by atoms with van der Waals surface area (Å²) < 4.78 is 0. The highest BCUT2D eigenvalue weighted by molar-refractivity contribution is 5.95. The zero-order valence-electron chi connectivity index (χ0n) is 11.0. The molecule has 1 rings (SSSR count). The van der Waals surface area contributed by atoms with E-state index in [1.54, 1.807) is 24.3 Å². The first-order valence-corrected chi connectivity index (χ1v) is 6.17. The molecule has 0 saturated heterocycles. The Balaban J connectivity index is 2.55. The Hall–Kier alpha value is -2.30. The van der Waals surface area contributed by atoms with E-state index < -0.39 is 0 Å². The Morgan fingerprint density at radius 1 is 1.32 bits per heavy atom. The maximum Gasteiger partial charge on any atom is 0.251 e. The van der Waals surface area contributed by atoms with Crippen molar-refractivity contribution in [2.75, 3.05) is 25.0 Å². The normalized spacial score (nSPS) is 9.53. The van der Waals surface area contributed by atoms with Crippen LogP contribution in [0.15, 0.2) is 36.9 Å². The number of benzene rings is 1. The maximum absolute atomic E-state index is 11.6. The molecule has 0 heterocycles. The number of carbonyl (C=O) groups excluding carboxylic acids is 2. The van der Waals surface area contributed by atoms with Crippen LogP contribution in [-0.2, 0) is 4.79 Å². The molecule has 0 aliphatic carbocycles. The third kappa shape index (κ3) is 5.25. The van der Waals surface area contributed by atoms with Crippen LogP contribution in [-0.4, -0.2) is 31.4 Å². The molecule has 3 N–H and O–H groups in total. The van der Waals surface area contributed by atoms with Gasteiger partial charge in [-0.25, -0.2) is 0 Å². The minimum Gasteiger partial charge on any atom is -0.376 e. The van der Waals surface area contributed by atoms with Crippen molar-refractivity contribution in [3.05, 3.63) is 42.5 Å². The van der Waals surface area contributed by atoms with Crippen LogP contribution in [0.25, 0.3) is 0 Å². The van der Waals surface area contributed by atoms with Gasteiger partial charge < -0.3 is 16.0 Å². The predicted molar refractivity (Wildman–Crippen MR) is 76.1 cm³/mol. The van der Waals surface area contributed by atoms with Crippen molar-refractivity contribution in [2.24, 2.45) is 0 Å². The van der Waals surface area contributed by atoms with E-state index >= 15 is 0 Å². The molecule has 0 radical (unpaired) electrons. The molecule has 5 nitrogen and oxygen atoms in total. The molecule has 0 aromatic heterocycles. The lowest BCUT2D eigenvalue weighted by Crippen LogP contribution is -2.29. The summed E-state index contributed by atoms with van der Waals surface area (Å²) in [7, 11) is 0. The monoisotopic (exact) mass is 261 g/mol. The van der Waals surface area contributed by atoms with E-state index in [1.807, 2.05) is 13.0 Å². The third-order valence-electron chi connectivity index (χ3n) is 2.36. The van der Waals surface area contributed by atoms with Crippen molar-refractivity contribution >= 4 is 17.5 Å². The van der Waals surface area contributed by atoms with Crippen LogP contribution in [0.1, 0.15) is 17.3 Å². The zero-order valence-corrected chi connectivity index (χ0v) is 11.0. The highest BCUT2D eigenvalue weighted by Gasteiger charge is 2.05. The highest BCUT2D eigenvalue weighted by atomic mass is 16.2. The molecule has 0 fully saturated rings.